The molecule has 0 saturated heterocycles. The summed E-state index contributed by atoms with van der Waals surface area (Å²) >= 11 is 0. The van der Waals surface area contributed by atoms with Crippen LogP contribution in [0, 0.1) is 12.8 Å². The van der Waals surface area contributed by atoms with E-state index >= 15 is 0 Å². The average molecular weight is 317 g/mol. The Labute approximate surface area is 146 Å². The smallest absolute Gasteiger partial charge is 0.0461 e. The molecule has 0 radical (unpaired) electrons. The summed E-state index contributed by atoms with van der Waals surface area (Å²) in [5, 5.41) is 0. The predicted molar refractivity (Wildman–Crippen MR) is 105 cm³/mol. The molecule has 0 aliphatic heterocycles. The molecule has 1 aromatic carbocycles. The van der Waals surface area contributed by atoms with Crippen molar-refractivity contribution in [3.8, 4) is 0 Å². The minimum absolute atomic E-state index is 0.608. The number of anilines is 1. The van der Waals surface area contributed by atoms with Gasteiger partial charge in [0.25, 0.3) is 0 Å². The highest BCUT2D eigenvalue weighted by Gasteiger charge is 2.20. The van der Waals surface area contributed by atoms with Crippen molar-refractivity contribution in [3.63, 3.8) is 0 Å². The summed E-state index contributed by atoms with van der Waals surface area (Å²) < 4.78 is 0. The molecule has 1 heteroatoms. The van der Waals surface area contributed by atoms with E-state index in [0.717, 1.165) is 12.8 Å². The van der Waals surface area contributed by atoms with Crippen molar-refractivity contribution in [3.05, 3.63) is 89.3 Å². The van der Waals surface area contributed by atoms with Crippen LogP contribution < -0.4 is 4.90 Å². The summed E-state index contributed by atoms with van der Waals surface area (Å²) in [7, 11) is 0. The van der Waals surface area contributed by atoms with Crippen molar-refractivity contribution >= 4 is 5.69 Å². The zero-order valence-electron chi connectivity index (χ0n) is 15.0. The summed E-state index contributed by atoms with van der Waals surface area (Å²) in [6, 6.07) is 8.85. The Bertz CT molecular complexity index is 726. The van der Waals surface area contributed by atoms with E-state index < -0.39 is 0 Å². The Kier molecular flexibility index (Phi) is 5.20. The first-order valence-electron chi connectivity index (χ1n) is 8.94. The van der Waals surface area contributed by atoms with Crippen LogP contribution in [0.3, 0.4) is 0 Å². The van der Waals surface area contributed by atoms with Crippen molar-refractivity contribution in [1.82, 2.24) is 0 Å². The Hall–Kier alpha value is -2.28. The number of aryl methyl sites for hydroxylation is 1. The first-order chi connectivity index (χ1) is 11.7. The standard InChI is InChI=1S/C23H27N/c1-18-14-16-22(17-15-18)24(21-11-6-4-5-7-12-21)23-13-9-8-10-19(2)20(23)3/h4-6,9,11-17,19H,7-8,10H2,1-3H3. The predicted octanol–water partition coefficient (Wildman–Crippen LogP) is 6.46. The topological polar surface area (TPSA) is 3.24 Å². The molecule has 0 saturated carbocycles. The van der Waals surface area contributed by atoms with Gasteiger partial charge in [0.1, 0.15) is 0 Å². The first kappa shape index (κ1) is 16.6. The Balaban J connectivity index is 2.12. The highest BCUT2D eigenvalue weighted by atomic mass is 15.2. The Morgan fingerprint density at radius 1 is 0.958 bits per heavy atom. The zero-order chi connectivity index (χ0) is 16.9. The summed E-state index contributed by atoms with van der Waals surface area (Å²) in [5.41, 5.74) is 6.56. The van der Waals surface area contributed by atoms with Gasteiger partial charge in [-0.25, -0.2) is 0 Å². The average Bonchev–Trinajstić information content (AvgIpc) is 2.94. The molecule has 2 aliphatic rings. The van der Waals surface area contributed by atoms with Crippen molar-refractivity contribution in [2.45, 2.75) is 40.0 Å². The van der Waals surface area contributed by atoms with Gasteiger partial charge in [0.15, 0.2) is 0 Å². The number of nitrogens with zero attached hydrogens (tertiary/aromatic N) is 1. The molecule has 0 amide bonds. The minimum atomic E-state index is 0.608. The van der Waals surface area contributed by atoms with Crippen molar-refractivity contribution in [2.24, 2.45) is 5.92 Å². The lowest BCUT2D eigenvalue weighted by atomic mass is 9.97. The zero-order valence-corrected chi connectivity index (χ0v) is 15.0. The lowest BCUT2D eigenvalue weighted by Gasteiger charge is -2.30. The highest BCUT2D eigenvalue weighted by molar-refractivity contribution is 5.64. The first-order valence-corrected chi connectivity index (χ1v) is 8.94. The van der Waals surface area contributed by atoms with Gasteiger partial charge >= 0.3 is 0 Å². The van der Waals surface area contributed by atoms with Crippen LogP contribution in [0.2, 0.25) is 0 Å². The third-order valence-electron chi connectivity index (χ3n) is 4.95. The van der Waals surface area contributed by atoms with E-state index in [9.17, 15) is 0 Å². The molecule has 0 bridgehead atoms. The fourth-order valence-corrected chi connectivity index (χ4v) is 3.25. The van der Waals surface area contributed by atoms with E-state index in [1.165, 1.54) is 34.6 Å². The van der Waals surface area contributed by atoms with Gasteiger partial charge in [-0.1, -0.05) is 55.0 Å². The molecule has 24 heavy (non-hydrogen) atoms. The molecule has 3 rings (SSSR count). The molecule has 0 aromatic heterocycles. The molecule has 0 fully saturated rings. The number of rotatable bonds is 3. The van der Waals surface area contributed by atoms with Crippen molar-refractivity contribution in [2.75, 3.05) is 4.90 Å². The summed E-state index contributed by atoms with van der Waals surface area (Å²) in [4.78, 5) is 2.41. The Morgan fingerprint density at radius 2 is 1.75 bits per heavy atom. The van der Waals surface area contributed by atoms with Crippen LogP contribution in [0.15, 0.2) is 83.8 Å². The van der Waals surface area contributed by atoms with Gasteiger partial charge < -0.3 is 4.90 Å². The van der Waals surface area contributed by atoms with Crippen molar-refractivity contribution < 1.29 is 0 Å². The van der Waals surface area contributed by atoms with Gasteiger partial charge in [-0.2, -0.15) is 0 Å². The van der Waals surface area contributed by atoms with Crippen LogP contribution in [0.5, 0.6) is 0 Å². The molecule has 1 atom stereocenters. The van der Waals surface area contributed by atoms with Gasteiger partial charge in [-0.05, 0) is 68.9 Å². The van der Waals surface area contributed by atoms with Gasteiger partial charge in [-0.3, -0.25) is 0 Å². The fourth-order valence-electron chi connectivity index (χ4n) is 3.25. The molecule has 2 aliphatic carbocycles. The van der Waals surface area contributed by atoms with Gasteiger partial charge in [0, 0.05) is 17.1 Å². The molecule has 1 aromatic rings. The number of hydrogen-bond donors (Lipinski definition) is 0. The SMILES string of the molecule is CC1=C(N(C2=CCC=CC=C2)c2ccc(C)cc2)C=CCCC1C. The molecule has 0 heterocycles. The monoisotopic (exact) mass is 317 g/mol. The third-order valence-corrected chi connectivity index (χ3v) is 4.95. The summed E-state index contributed by atoms with van der Waals surface area (Å²) in [5.74, 6) is 0.608. The van der Waals surface area contributed by atoms with E-state index in [1.54, 1.807) is 0 Å². The van der Waals surface area contributed by atoms with Gasteiger partial charge in [-0.15, -0.1) is 0 Å². The van der Waals surface area contributed by atoms with Crippen LogP contribution in [0.4, 0.5) is 5.69 Å². The second kappa shape index (κ2) is 7.53. The highest BCUT2D eigenvalue weighted by Crippen LogP contribution is 2.33. The fraction of sp³-hybridized carbons (Fsp3) is 0.304. The molecule has 124 valence electrons. The maximum absolute atomic E-state index is 2.41. The van der Waals surface area contributed by atoms with Gasteiger partial charge in [0.05, 0.1) is 0 Å². The van der Waals surface area contributed by atoms with E-state index in [4.69, 9.17) is 0 Å². The van der Waals surface area contributed by atoms with E-state index in [-0.39, 0.29) is 0 Å². The molecule has 0 N–H and O–H groups in total. The normalized spacial score (nSPS) is 20.6. The van der Waals surface area contributed by atoms with Crippen molar-refractivity contribution in [1.29, 1.82) is 0 Å². The second-order valence-corrected chi connectivity index (χ2v) is 6.77. The van der Waals surface area contributed by atoms with Crippen LogP contribution in [-0.4, -0.2) is 0 Å². The van der Waals surface area contributed by atoms with Gasteiger partial charge in [0.2, 0.25) is 0 Å². The summed E-state index contributed by atoms with van der Waals surface area (Å²) in [6.45, 7) is 6.77. The molecule has 1 unspecified atom stereocenters. The van der Waals surface area contributed by atoms with Crippen LogP contribution in [-0.2, 0) is 0 Å². The number of benzene rings is 1. The quantitative estimate of drug-likeness (QED) is 0.618. The van der Waals surface area contributed by atoms with E-state index in [1.807, 2.05) is 0 Å². The lowest BCUT2D eigenvalue weighted by molar-refractivity contribution is 0.622. The van der Waals surface area contributed by atoms with Crippen LogP contribution in [0.25, 0.3) is 0 Å². The van der Waals surface area contributed by atoms with E-state index in [2.05, 4.69) is 92.5 Å². The molecule has 0 spiro atoms. The second-order valence-electron chi connectivity index (χ2n) is 6.77. The number of allylic oxidation sites excluding steroid dienone is 8. The van der Waals surface area contributed by atoms with E-state index in [0.29, 0.717) is 5.92 Å². The third kappa shape index (κ3) is 3.62. The minimum Gasteiger partial charge on any atom is -0.311 e. The molecular formula is C23H27N. The lowest BCUT2D eigenvalue weighted by Crippen LogP contribution is -2.22. The molecular weight excluding hydrogens is 290 g/mol. The molecule has 1 nitrogen and oxygen atoms in total. The maximum Gasteiger partial charge on any atom is 0.0461 e. The Morgan fingerprint density at radius 3 is 2.54 bits per heavy atom. The maximum atomic E-state index is 2.41. The van der Waals surface area contributed by atoms with Crippen LogP contribution in [0.1, 0.15) is 38.7 Å². The summed E-state index contributed by atoms with van der Waals surface area (Å²) in [6.07, 6.45) is 19.0. The van der Waals surface area contributed by atoms with Crippen LogP contribution >= 0.6 is 0 Å². The largest absolute Gasteiger partial charge is 0.311 e. The number of hydrogen-bond acceptors (Lipinski definition) is 1.